The molecule has 0 aromatic carbocycles. The molecule has 0 saturated carbocycles. The third kappa shape index (κ3) is 118. The van der Waals surface area contributed by atoms with Gasteiger partial charge in [-0.25, -0.2) is 0 Å². The standard InChI is InChI=1S/CH2N2.2Li/c2-1-3;;/h2H2;;. The second-order valence-corrected chi connectivity index (χ2v) is 0.129. The quantitative estimate of drug-likeness (QED) is 0.212. The summed E-state index contributed by atoms with van der Waals surface area (Å²) in [4.78, 5) is 0. The van der Waals surface area contributed by atoms with Crippen LogP contribution in [-0.4, -0.2) is 37.7 Å². The van der Waals surface area contributed by atoms with Crippen molar-refractivity contribution in [1.82, 2.24) is 0 Å². The van der Waals surface area contributed by atoms with Crippen LogP contribution in [0.1, 0.15) is 0 Å². The number of nitriles is 1. The van der Waals surface area contributed by atoms with Crippen LogP contribution in [0.25, 0.3) is 0 Å². The average molecular weight is 55.9 g/mol. The molecule has 5 heavy (non-hydrogen) atoms. The molecule has 0 atom stereocenters. The molecule has 0 saturated heterocycles. The van der Waals surface area contributed by atoms with E-state index in [1.807, 2.05) is 0 Å². The summed E-state index contributed by atoms with van der Waals surface area (Å²) in [5.41, 5.74) is 4.15. The minimum atomic E-state index is 0. The largest absolute Gasteiger partial charge is 0.337 e. The van der Waals surface area contributed by atoms with E-state index in [9.17, 15) is 0 Å². The van der Waals surface area contributed by atoms with Crippen molar-refractivity contribution in [3.8, 4) is 6.19 Å². The van der Waals surface area contributed by atoms with E-state index in [0.717, 1.165) is 0 Å². The van der Waals surface area contributed by atoms with Crippen molar-refractivity contribution in [2.45, 2.75) is 0 Å². The molecule has 0 rings (SSSR count). The Morgan fingerprint density at radius 2 is 1.40 bits per heavy atom. The van der Waals surface area contributed by atoms with E-state index in [1.165, 1.54) is 6.19 Å². The summed E-state index contributed by atoms with van der Waals surface area (Å²) in [6.45, 7) is 0. The summed E-state index contributed by atoms with van der Waals surface area (Å²) in [6, 6.07) is 0. The van der Waals surface area contributed by atoms with E-state index < -0.39 is 0 Å². The van der Waals surface area contributed by atoms with Gasteiger partial charge in [0.25, 0.3) is 0 Å². The first-order chi connectivity index (χ1) is 1.41. The first-order valence-electron chi connectivity index (χ1n) is 0.512. The number of rotatable bonds is 0. The molecular formula is CH2Li2N2. The zero-order valence-corrected chi connectivity index (χ0v) is 3.52. The van der Waals surface area contributed by atoms with Gasteiger partial charge >= 0.3 is 0 Å². The minimum absolute atomic E-state index is 0. The maximum Gasteiger partial charge on any atom is 0.173 e. The fourth-order valence-corrected chi connectivity index (χ4v) is 0. The van der Waals surface area contributed by atoms with Gasteiger partial charge in [-0.3, -0.25) is 0 Å². The Kier molecular flexibility index (Phi) is 88.3. The molecule has 0 aliphatic rings. The van der Waals surface area contributed by atoms with Gasteiger partial charge in [0.05, 0.1) is 0 Å². The van der Waals surface area contributed by atoms with Crippen LogP contribution in [0.2, 0.25) is 0 Å². The molecule has 0 aliphatic heterocycles. The molecular weight excluding hydrogens is 53.9 g/mol. The van der Waals surface area contributed by atoms with Gasteiger partial charge in [-0.1, -0.05) is 0 Å². The number of hydrogen-bond acceptors (Lipinski definition) is 2. The minimum Gasteiger partial charge on any atom is -0.337 e. The van der Waals surface area contributed by atoms with Crippen LogP contribution < -0.4 is 5.73 Å². The Morgan fingerprint density at radius 1 is 1.40 bits per heavy atom. The zero-order chi connectivity index (χ0) is 2.71. The molecule has 0 aromatic rings. The van der Waals surface area contributed by atoms with Crippen LogP contribution in [0.15, 0.2) is 0 Å². The smallest absolute Gasteiger partial charge is 0.173 e. The maximum absolute atomic E-state index is 7.10. The molecule has 0 bridgehead atoms. The third-order valence-electron chi connectivity index (χ3n) is 0. The Balaban J connectivity index is -0.0000000200. The Hall–Kier alpha value is 0.485. The van der Waals surface area contributed by atoms with Crippen molar-refractivity contribution < 1.29 is 0 Å². The van der Waals surface area contributed by atoms with Gasteiger partial charge < -0.3 is 5.73 Å². The van der Waals surface area contributed by atoms with E-state index in [1.54, 1.807) is 0 Å². The second kappa shape index (κ2) is 24.7. The van der Waals surface area contributed by atoms with Gasteiger partial charge in [-0.15, -0.1) is 0 Å². The molecule has 2 nitrogen and oxygen atoms in total. The molecule has 0 fully saturated rings. The molecule has 0 unspecified atom stereocenters. The fraction of sp³-hybridized carbons (Fsp3) is 0. The van der Waals surface area contributed by atoms with Crippen LogP contribution in [0.3, 0.4) is 0 Å². The van der Waals surface area contributed by atoms with Gasteiger partial charge in [0.15, 0.2) is 6.19 Å². The summed E-state index contributed by atoms with van der Waals surface area (Å²) in [7, 11) is 0. The molecule has 0 aromatic heterocycles. The molecule has 2 N–H and O–H groups in total. The summed E-state index contributed by atoms with van der Waals surface area (Å²) >= 11 is 0. The van der Waals surface area contributed by atoms with Gasteiger partial charge in [-0.2, -0.15) is 5.26 Å². The van der Waals surface area contributed by atoms with Crippen LogP contribution in [-0.2, 0) is 0 Å². The number of nitrogens with two attached hydrogens (primary N) is 1. The normalized spacial score (nSPS) is 1.40. The summed E-state index contributed by atoms with van der Waals surface area (Å²) in [6.07, 6.45) is 1.25. The Labute approximate surface area is 55.1 Å². The van der Waals surface area contributed by atoms with Gasteiger partial charge in [0.2, 0.25) is 0 Å². The van der Waals surface area contributed by atoms with E-state index >= 15 is 0 Å². The predicted octanol–water partition coefficient (Wildman–Crippen LogP) is -1.34. The van der Waals surface area contributed by atoms with E-state index in [2.05, 4.69) is 5.73 Å². The Bertz CT molecular complexity index is 29.1. The van der Waals surface area contributed by atoms with Crippen LogP contribution >= 0.6 is 0 Å². The average Bonchev–Trinajstić information content (AvgIpc) is 0.918. The third-order valence-corrected chi connectivity index (χ3v) is 0. The molecule has 18 valence electrons. The molecule has 2 radical (unpaired) electrons. The van der Waals surface area contributed by atoms with Crippen molar-refractivity contribution in [3.63, 3.8) is 0 Å². The zero-order valence-electron chi connectivity index (χ0n) is 3.52. The summed E-state index contributed by atoms with van der Waals surface area (Å²) < 4.78 is 0. The first-order valence-corrected chi connectivity index (χ1v) is 0.512. The molecule has 0 spiro atoms. The van der Waals surface area contributed by atoms with Crippen molar-refractivity contribution in [2.75, 3.05) is 0 Å². The van der Waals surface area contributed by atoms with Gasteiger partial charge in [-0.05, 0) is 0 Å². The number of nitrogens with zero attached hydrogens (tertiary/aromatic N) is 1. The van der Waals surface area contributed by atoms with Crippen molar-refractivity contribution in [2.24, 2.45) is 5.73 Å². The monoisotopic (exact) mass is 56.1 g/mol. The van der Waals surface area contributed by atoms with Gasteiger partial charge in [0, 0.05) is 37.7 Å². The van der Waals surface area contributed by atoms with Crippen LogP contribution in [0.4, 0.5) is 0 Å². The van der Waals surface area contributed by atoms with Crippen molar-refractivity contribution >= 4 is 37.7 Å². The van der Waals surface area contributed by atoms with E-state index in [0.29, 0.717) is 0 Å². The number of hydrogen-bond donors (Lipinski definition) is 1. The van der Waals surface area contributed by atoms with Gasteiger partial charge in [0.1, 0.15) is 0 Å². The molecule has 0 amide bonds. The summed E-state index contributed by atoms with van der Waals surface area (Å²) in [5.74, 6) is 0. The molecule has 0 heterocycles. The molecule has 0 aliphatic carbocycles. The fourth-order valence-electron chi connectivity index (χ4n) is 0. The SMILES string of the molecule is N#CN.[Li].[Li]. The maximum atomic E-state index is 7.10. The predicted molar refractivity (Wildman–Crippen MR) is 21.3 cm³/mol. The van der Waals surface area contributed by atoms with Crippen molar-refractivity contribution in [3.05, 3.63) is 0 Å². The molecule has 4 heteroatoms. The summed E-state index contributed by atoms with van der Waals surface area (Å²) in [5, 5.41) is 7.10. The van der Waals surface area contributed by atoms with E-state index in [-0.39, 0.29) is 37.7 Å². The van der Waals surface area contributed by atoms with Crippen molar-refractivity contribution in [1.29, 1.82) is 5.26 Å². The van der Waals surface area contributed by atoms with Crippen LogP contribution in [0.5, 0.6) is 0 Å². The Morgan fingerprint density at radius 3 is 1.40 bits per heavy atom. The second-order valence-electron chi connectivity index (χ2n) is 0.129. The van der Waals surface area contributed by atoms with Crippen LogP contribution in [0, 0.1) is 11.5 Å². The van der Waals surface area contributed by atoms with E-state index in [4.69, 9.17) is 5.26 Å². The topological polar surface area (TPSA) is 49.8 Å². The first kappa shape index (κ1) is 17.9.